The topological polar surface area (TPSA) is 80.4 Å². The minimum absolute atomic E-state index is 0.0582. The molecule has 4 rings (SSSR count). The maximum Gasteiger partial charge on any atom is 0.346 e. The largest absolute Gasteiger partial charge is 0.346 e. The van der Waals surface area contributed by atoms with E-state index in [-0.39, 0.29) is 24.0 Å². The van der Waals surface area contributed by atoms with E-state index in [1.165, 1.54) is 4.68 Å². The van der Waals surface area contributed by atoms with E-state index < -0.39 is 0 Å². The maximum absolute atomic E-state index is 12.8. The minimum atomic E-state index is -0.203. The zero-order chi connectivity index (χ0) is 21.1. The summed E-state index contributed by atoms with van der Waals surface area (Å²) >= 11 is 6.16. The van der Waals surface area contributed by atoms with Crippen LogP contribution in [0, 0.1) is 0 Å². The highest BCUT2D eigenvalue weighted by atomic mass is 35.5. The fraction of sp³-hybridized carbons (Fsp3) is 0.524. The van der Waals surface area contributed by atoms with E-state index in [0.717, 1.165) is 31.5 Å². The van der Waals surface area contributed by atoms with Crippen LogP contribution >= 0.6 is 11.6 Å². The molecule has 3 heterocycles. The van der Waals surface area contributed by atoms with Crippen molar-refractivity contribution in [2.24, 2.45) is 0 Å². The van der Waals surface area contributed by atoms with E-state index in [2.05, 4.69) is 5.10 Å². The molecule has 0 spiro atoms. The Kier molecular flexibility index (Phi) is 6.22. The standard InChI is InChI=1S/C21H26ClN5O3/c22-17-8-4-3-7-16(17)20(29)25-11-6-10-24(13-14-25)19(28)15-27-21(30)26-12-5-1-2-9-18(26)23-27/h3-4,7-8H,1-2,5-6,9-15H2. The van der Waals surface area contributed by atoms with Crippen molar-refractivity contribution in [3.63, 3.8) is 0 Å². The summed E-state index contributed by atoms with van der Waals surface area (Å²) in [5, 5.41) is 4.83. The van der Waals surface area contributed by atoms with E-state index in [1.54, 1.807) is 38.6 Å². The van der Waals surface area contributed by atoms with Crippen LogP contribution in [0.5, 0.6) is 0 Å². The normalized spacial score (nSPS) is 17.2. The van der Waals surface area contributed by atoms with Crippen LogP contribution in [-0.2, 0) is 24.3 Å². The SMILES string of the molecule is O=C(Cn1nc2n(c1=O)CCCCC2)N1CCCN(C(=O)c2ccccc2Cl)CC1. The highest BCUT2D eigenvalue weighted by molar-refractivity contribution is 6.33. The number of amides is 2. The summed E-state index contributed by atoms with van der Waals surface area (Å²) < 4.78 is 2.99. The Morgan fingerprint density at radius 1 is 0.933 bits per heavy atom. The molecule has 160 valence electrons. The van der Waals surface area contributed by atoms with Gasteiger partial charge in [-0.05, 0) is 31.4 Å². The van der Waals surface area contributed by atoms with Gasteiger partial charge in [-0.1, -0.05) is 30.2 Å². The van der Waals surface area contributed by atoms with Crippen molar-refractivity contribution in [3.8, 4) is 0 Å². The van der Waals surface area contributed by atoms with Crippen LogP contribution in [-0.4, -0.2) is 62.1 Å². The first-order valence-corrected chi connectivity index (χ1v) is 10.9. The van der Waals surface area contributed by atoms with Gasteiger partial charge in [-0.15, -0.1) is 0 Å². The molecule has 0 radical (unpaired) electrons. The molecule has 0 saturated carbocycles. The summed E-state index contributed by atoms with van der Waals surface area (Å²) in [6.07, 6.45) is 4.54. The maximum atomic E-state index is 12.8. The highest BCUT2D eigenvalue weighted by Gasteiger charge is 2.25. The van der Waals surface area contributed by atoms with Crippen LogP contribution in [0.15, 0.2) is 29.1 Å². The Balaban J connectivity index is 1.40. The van der Waals surface area contributed by atoms with Gasteiger partial charge in [0.25, 0.3) is 5.91 Å². The van der Waals surface area contributed by atoms with Crippen molar-refractivity contribution >= 4 is 23.4 Å². The molecule has 1 saturated heterocycles. The van der Waals surface area contributed by atoms with Crippen LogP contribution in [0.2, 0.25) is 5.02 Å². The molecule has 9 heteroatoms. The number of aryl methyl sites for hydroxylation is 1. The number of carbonyl (C=O) groups excluding carboxylic acids is 2. The Bertz CT molecular complexity index is 999. The Hall–Kier alpha value is -2.61. The number of hydrogen-bond acceptors (Lipinski definition) is 4. The monoisotopic (exact) mass is 431 g/mol. The second-order valence-electron chi connectivity index (χ2n) is 7.83. The average Bonchev–Trinajstić information content (AvgIpc) is 2.99. The summed E-state index contributed by atoms with van der Waals surface area (Å²) in [5.74, 6) is 0.513. The number of halogens is 1. The number of fused-ring (bicyclic) bond motifs is 1. The van der Waals surface area contributed by atoms with Crippen molar-refractivity contribution in [2.75, 3.05) is 26.2 Å². The molecule has 2 aliphatic heterocycles. The van der Waals surface area contributed by atoms with Gasteiger partial charge in [0, 0.05) is 39.1 Å². The molecular weight excluding hydrogens is 406 g/mol. The fourth-order valence-corrected chi connectivity index (χ4v) is 4.35. The molecule has 0 unspecified atom stereocenters. The van der Waals surface area contributed by atoms with Crippen LogP contribution in [0.25, 0.3) is 0 Å². The van der Waals surface area contributed by atoms with Crippen molar-refractivity contribution in [2.45, 2.75) is 45.2 Å². The minimum Gasteiger partial charge on any atom is -0.339 e. The number of carbonyl (C=O) groups is 2. The van der Waals surface area contributed by atoms with Crippen LogP contribution in [0.4, 0.5) is 0 Å². The zero-order valence-electron chi connectivity index (χ0n) is 16.9. The lowest BCUT2D eigenvalue weighted by Crippen LogP contribution is -2.40. The zero-order valence-corrected chi connectivity index (χ0v) is 17.7. The van der Waals surface area contributed by atoms with Gasteiger partial charge in [0.2, 0.25) is 5.91 Å². The Morgan fingerprint density at radius 2 is 1.70 bits per heavy atom. The molecule has 0 bridgehead atoms. The molecule has 30 heavy (non-hydrogen) atoms. The predicted molar refractivity (Wildman–Crippen MR) is 113 cm³/mol. The number of rotatable bonds is 3. The van der Waals surface area contributed by atoms with Gasteiger partial charge in [-0.2, -0.15) is 5.10 Å². The molecule has 2 aromatic rings. The van der Waals surface area contributed by atoms with Crippen molar-refractivity contribution < 1.29 is 9.59 Å². The predicted octanol–water partition coefficient (Wildman–Crippen LogP) is 1.80. The van der Waals surface area contributed by atoms with E-state index >= 15 is 0 Å². The number of nitrogens with zero attached hydrogens (tertiary/aromatic N) is 5. The number of aromatic nitrogens is 3. The van der Waals surface area contributed by atoms with E-state index in [0.29, 0.717) is 49.7 Å². The van der Waals surface area contributed by atoms with Crippen LogP contribution < -0.4 is 5.69 Å². The molecule has 0 N–H and O–H groups in total. The summed E-state index contributed by atoms with van der Waals surface area (Å²) in [6, 6.07) is 7.00. The van der Waals surface area contributed by atoms with E-state index in [1.807, 2.05) is 0 Å². The molecule has 0 atom stereocenters. The molecule has 1 aromatic carbocycles. The fourth-order valence-electron chi connectivity index (χ4n) is 4.13. The smallest absolute Gasteiger partial charge is 0.339 e. The molecule has 8 nitrogen and oxygen atoms in total. The van der Waals surface area contributed by atoms with Crippen LogP contribution in [0.1, 0.15) is 41.9 Å². The molecule has 1 fully saturated rings. The third kappa shape index (κ3) is 4.28. The molecule has 2 amide bonds. The molecule has 1 aromatic heterocycles. The average molecular weight is 432 g/mol. The van der Waals surface area contributed by atoms with Gasteiger partial charge in [0.15, 0.2) is 0 Å². The first kappa shape index (κ1) is 20.7. The second kappa shape index (κ2) is 9.04. The third-order valence-electron chi connectivity index (χ3n) is 5.81. The van der Waals surface area contributed by atoms with E-state index in [9.17, 15) is 14.4 Å². The van der Waals surface area contributed by atoms with E-state index in [4.69, 9.17) is 11.6 Å². The first-order chi connectivity index (χ1) is 14.5. The number of hydrogen-bond donors (Lipinski definition) is 0. The highest BCUT2D eigenvalue weighted by Crippen LogP contribution is 2.18. The first-order valence-electron chi connectivity index (χ1n) is 10.5. The van der Waals surface area contributed by atoms with Gasteiger partial charge >= 0.3 is 5.69 Å². The lowest BCUT2D eigenvalue weighted by molar-refractivity contribution is -0.132. The number of benzene rings is 1. The summed E-state index contributed by atoms with van der Waals surface area (Å²) in [6.45, 7) is 2.59. The molecule has 2 aliphatic rings. The van der Waals surface area contributed by atoms with Crippen molar-refractivity contribution in [3.05, 3.63) is 51.2 Å². The molecular formula is C21H26ClN5O3. The van der Waals surface area contributed by atoms with Gasteiger partial charge in [-0.3, -0.25) is 14.2 Å². The van der Waals surface area contributed by atoms with Crippen molar-refractivity contribution in [1.29, 1.82) is 0 Å². The Morgan fingerprint density at radius 3 is 2.53 bits per heavy atom. The third-order valence-corrected chi connectivity index (χ3v) is 6.14. The van der Waals surface area contributed by atoms with Crippen LogP contribution in [0.3, 0.4) is 0 Å². The quantitative estimate of drug-likeness (QED) is 0.742. The molecule has 0 aliphatic carbocycles. The van der Waals surface area contributed by atoms with Gasteiger partial charge < -0.3 is 9.80 Å². The van der Waals surface area contributed by atoms with Gasteiger partial charge in [0.1, 0.15) is 12.4 Å². The van der Waals surface area contributed by atoms with Crippen molar-refractivity contribution in [1.82, 2.24) is 24.1 Å². The summed E-state index contributed by atoms with van der Waals surface area (Å²) in [4.78, 5) is 41.7. The lowest BCUT2D eigenvalue weighted by Gasteiger charge is -2.22. The summed E-state index contributed by atoms with van der Waals surface area (Å²) in [7, 11) is 0. The summed E-state index contributed by atoms with van der Waals surface area (Å²) in [5.41, 5.74) is 0.274. The van der Waals surface area contributed by atoms with Gasteiger partial charge in [-0.25, -0.2) is 9.48 Å². The second-order valence-corrected chi connectivity index (χ2v) is 8.23. The lowest BCUT2D eigenvalue weighted by atomic mass is 10.2. The van der Waals surface area contributed by atoms with Gasteiger partial charge in [0.05, 0.1) is 10.6 Å². The Labute approximate surface area is 180 Å².